The number of hydrogen-bond donors (Lipinski definition) is 0. The van der Waals surface area contributed by atoms with Gasteiger partial charge in [-0.25, -0.2) is 9.97 Å². The lowest BCUT2D eigenvalue weighted by molar-refractivity contribution is 0.712. The van der Waals surface area contributed by atoms with Crippen LogP contribution in [0.2, 0.25) is 5.28 Å². The smallest absolute Gasteiger partial charge is 0.233 e. The number of benzene rings is 2. The molecule has 0 saturated carbocycles. The van der Waals surface area contributed by atoms with E-state index in [9.17, 15) is 0 Å². The zero-order valence-electron chi connectivity index (χ0n) is 13.5. The molecule has 0 atom stereocenters. The van der Waals surface area contributed by atoms with Crippen molar-refractivity contribution in [3.63, 3.8) is 0 Å². The summed E-state index contributed by atoms with van der Waals surface area (Å²) in [6.07, 6.45) is 3.27. The van der Waals surface area contributed by atoms with Crippen LogP contribution in [0.25, 0.3) is 10.9 Å². The molecule has 0 amide bonds. The summed E-state index contributed by atoms with van der Waals surface area (Å²) in [5, 5.41) is 5.74. The Morgan fingerprint density at radius 2 is 1.92 bits per heavy atom. The fourth-order valence-corrected chi connectivity index (χ4v) is 2.83. The summed E-state index contributed by atoms with van der Waals surface area (Å²) in [6, 6.07) is 16.4. The monoisotopic (exact) mass is 350 g/mol. The molecule has 0 aliphatic carbocycles. The van der Waals surface area contributed by atoms with E-state index in [0.29, 0.717) is 5.95 Å². The maximum Gasteiger partial charge on any atom is 0.233 e. The number of rotatable bonds is 4. The van der Waals surface area contributed by atoms with E-state index in [2.05, 4.69) is 44.3 Å². The number of hydrogen-bond acceptors (Lipinski definition) is 5. The van der Waals surface area contributed by atoms with Crippen LogP contribution in [0.1, 0.15) is 5.56 Å². The van der Waals surface area contributed by atoms with Crippen molar-refractivity contribution >= 4 is 34.1 Å². The molecule has 124 valence electrons. The summed E-state index contributed by atoms with van der Waals surface area (Å²) in [5.41, 5.74) is 3.25. The summed E-state index contributed by atoms with van der Waals surface area (Å²) < 4.78 is 1.99. The SMILES string of the molecule is CN(c1ccc2c(cnn2Cc2ccccc2)c1)c1ncnc(Cl)n1. The van der Waals surface area contributed by atoms with Gasteiger partial charge in [-0.15, -0.1) is 0 Å². The predicted molar refractivity (Wildman–Crippen MR) is 98.2 cm³/mol. The summed E-state index contributed by atoms with van der Waals surface area (Å²) >= 11 is 5.85. The molecule has 0 aliphatic heterocycles. The van der Waals surface area contributed by atoms with Crippen LogP contribution in [0, 0.1) is 0 Å². The van der Waals surface area contributed by atoms with E-state index in [1.807, 2.05) is 47.1 Å². The second kappa shape index (κ2) is 6.49. The lowest BCUT2D eigenvalue weighted by Crippen LogP contribution is -2.13. The molecule has 7 heteroatoms. The first-order valence-electron chi connectivity index (χ1n) is 7.78. The van der Waals surface area contributed by atoms with Gasteiger partial charge in [0.1, 0.15) is 6.33 Å². The van der Waals surface area contributed by atoms with Crippen molar-refractivity contribution in [1.29, 1.82) is 0 Å². The second-order valence-corrected chi connectivity index (χ2v) is 5.98. The fourth-order valence-electron chi connectivity index (χ4n) is 2.71. The van der Waals surface area contributed by atoms with Crippen LogP contribution in [0.5, 0.6) is 0 Å². The molecule has 0 radical (unpaired) electrons. The van der Waals surface area contributed by atoms with Gasteiger partial charge in [-0.2, -0.15) is 10.1 Å². The molecule has 4 rings (SSSR count). The molecule has 0 bridgehead atoms. The lowest BCUT2D eigenvalue weighted by atomic mass is 10.2. The molecule has 0 unspecified atom stereocenters. The van der Waals surface area contributed by atoms with Gasteiger partial charge in [-0.05, 0) is 35.4 Å². The van der Waals surface area contributed by atoms with Crippen LogP contribution in [0.3, 0.4) is 0 Å². The first-order chi connectivity index (χ1) is 12.2. The third-order valence-corrected chi connectivity index (χ3v) is 4.20. The first kappa shape index (κ1) is 15.5. The van der Waals surface area contributed by atoms with Crippen molar-refractivity contribution in [2.24, 2.45) is 0 Å². The Kier molecular flexibility index (Phi) is 4.03. The van der Waals surface area contributed by atoms with Gasteiger partial charge in [0, 0.05) is 18.1 Å². The average molecular weight is 351 g/mol. The topological polar surface area (TPSA) is 59.7 Å². The van der Waals surface area contributed by atoms with E-state index >= 15 is 0 Å². The Bertz CT molecular complexity index is 1010. The molecule has 0 spiro atoms. The van der Waals surface area contributed by atoms with Crippen LogP contribution in [0.15, 0.2) is 61.1 Å². The highest BCUT2D eigenvalue weighted by atomic mass is 35.5. The lowest BCUT2D eigenvalue weighted by Gasteiger charge is -2.16. The Balaban J connectivity index is 1.65. The maximum absolute atomic E-state index is 5.85. The van der Waals surface area contributed by atoms with Gasteiger partial charge in [0.05, 0.1) is 18.3 Å². The van der Waals surface area contributed by atoms with Crippen molar-refractivity contribution in [1.82, 2.24) is 24.7 Å². The molecular formula is C18H15ClN6. The highest BCUT2D eigenvalue weighted by Gasteiger charge is 2.11. The quantitative estimate of drug-likeness (QED) is 0.561. The second-order valence-electron chi connectivity index (χ2n) is 5.64. The van der Waals surface area contributed by atoms with Crippen LogP contribution < -0.4 is 4.90 Å². The highest BCUT2D eigenvalue weighted by molar-refractivity contribution is 6.28. The third kappa shape index (κ3) is 3.16. The van der Waals surface area contributed by atoms with Crippen LogP contribution >= 0.6 is 11.6 Å². The molecule has 4 aromatic rings. The van der Waals surface area contributed by atoms with E-state index in [0.717, 1.165) is 23.1 Å². The summed E-state index contributed by atoms with van der Waals surface area (Å²) in [4.78, 5) is 14.0. The number of halogens is 1. The molecule has 0 aliphatic rings. The first-order valence-corrected chi connectivity index (χ1v) is 8.16. The average Bonchev–Trinajstić information content (AvgIpc) is 3.04. The van der Waals surface area contributed by atoms with Gasteiger partial charge in [0.25, 0.3) is 0 Å². The van der Waals surface area contributed by atoms with Crippen molar-refractivity contribution in [3.8, 4) is 0 Å². The highest BCUT2D eigenvalue weighted by Crippen LogP contribution is 2.25. The van der Waals surface area contributed by atoms with Gasteiger partial charge >= 0.3 is 0 Å². The van der Waals surface area contributed by atoms with Crippen molar-refractivity contribution < 1.29 is 0 Å². The van der Waals surface area contributed by atoms with E-state index in [-0.39, 0.29) is 5.28 Å². The molecule has 2 aromatic heterocycles. The summed E-state index contributed by atoms with van der Waals surface area (Å²) in [5.74, 6) is 0.496. The molecule has 2 heterocycles. The van der Waals surface area contributed by atoms with Gasteiger partial charge in [-0.3, -0.25) is 4.68 Å². The number of aromatic nitrogens is 5. The molecule has 6 nitrogen and oxygen atoms in total. The maximum atomic E-state index is 5.85. The predicted octanol–water partition coefficient (Wildman–Crippen LogP) is 3.69. The normalized spacial score (nSPS) is 11.0. The van der Waals surface area contributed by atoms with E-state index in [1.165, 1.54) is 11.9 Å². The Labute approximate surface area is 149 Å². The van der Waals surface area contributed by atoms with Crippen LogP contribution in [-0.4, -0.2) is 31.8 Å². The number of anilines is 2. The zero-order chi connectivity index (χ0) is 17.2. The Hall–Kier alpha value is -2.99. The molecule has 2 aromatic carbocycles. The number of fused-ring (bicyclic) bond motifs is 1. The fraction of sp³-hybridized carbons (Fsp3) is 0.111. The molecule has 0 fully saturated rings. The van der Waals surface area contributed by atoms with Gasteiger partial charge in [0.2, 0.25) is 11.2 Å². The molecule has 0 saturated heterocycles. The largest absolute Gasteiger partial charge is 0.313 e. The third-order valence-electron chi connectivity index (χ3n) is 4.02. The minimum Gasteiger partial charge on any atom is -0.313 e. The van der Waals surface area contributed by atoms with Gasteiger partial charge < -0.3 is 4.90 Å². The molecule has 25 heavy (non-hydrogen) atoms. The summed E-state index contributed by atoms with van der Waals surface area (Å²) in [6.45, 7) is 0.739. The summed E-state index contributed by atoms with van der Waals surface area (Å²) in [7, 11) is 1.89. The Morgan fingerprint density at radius 1 is 1.08 bits per heavy atom. The minimum atomic E-state index is 0.175. The van der Waals surface area contributed by atoms with Crippen LogP contribution in [-0.2, 0) is 6.54 Å². The van der Waals surface area contributed by atoms with Crippen molar-refractivity contribution in [2.45, 2.75) is 6.54 Å². The van der Waals surface area contributed by atoms with E-state index in [4.69, 9.17) is 11.6 Å². The number of nitrogens with zero attached hydrogens (tertiary/aromatic N) is 6. The molecular weight excluding hydrogens is 336 g/mol. The van der Waals surface area contributed by atoms with Gasteiger partial charge in [-0.1, -0.05) is 30.3 Å². The van der Waals surface area contributed by atoms with Crippen molar-refractivity contribution in [3.05, 3.63) is 71.9 Å². The van der Waals surface area contributed by atoms with Gasteiger partial charge in [0.15, 0.2) is 0 Å². The molecule has 0 N–H and O–H groups in total. The van der Waals surface area contributed by atoms with Crippen LogP contribution in [0.4, 0.5) is 11.6 Å². The Morgan fingerprint density at radius 3 is 2.72 bits per heavy atom. The zero-order valence-corrected chi connectivity index (χ0v) is 14.3. The van der Waals surface area contributed by atoms with E-state index < -0.39 is 0 Å². The van der Waals surface area contributed by atoms with Crippen molar-refractivity contribution in [2.75, 3.05) is 11.9 Å². The standard InChI is InChI=1S/C18H15ClN6/c1-24(18-21-12-20-17(19)23-18)15-7-8-16-14(9-15)10-22-25(16)11-13-5-3-2-4-6-13/h2-10,12H,11H2,1H3. The minimum absolute atomic E-state index is 0.175. The van der Waals surface area contributed by atoms with E-state index in [1.54, 1.807) is 0 Å².